The monoisotopic (exact) mass is 253 g/mol. The molecule has 0 heterocycles. The lowest BCUT2D eigenvalue weighted by Crippen LogP contribution is -2.12. The molecule has 0 saturated heterocycles. The Morgan fingerprint density at radius 1 is 1.44 bits per heavy atom. The Kier molecular flexibility index (Phi) is 4.36. The van der Waals surface area contributed by atoms with Gasteiger partial charge in [-0.15, -0.1) is 0 Å². The number of nitro groups is 1. The van der Waals surface area contributed by atoms with Crippen LogP contribution in [0, 0.1) is 10.1 Å². The van der Waals surface area contributed by atoms with E-state index in [9.17, 15) is 19.7 Å². The Hall–Kier alpha value is -2.44. The van der Waals surface area contributed by atoms with Crippen molar-refractivity contribution in [3.8, 4) is 5.75 Å². The van der Waals surface area contributed by atoms with E-state index >= 15 is 0 Å². The molecule has 1 aromatic rings. The minimum Gasteiger partial charge on any atom is -0.481 e. The van der Waals surface area contributed by atoms with Crippen LogP contribution in [0.2, 0.25) is 0 Å². The van der Waals surface area contributed by atoms with Gasteiger partial charge >= 0.3 is 5.97 Å². The van der Waals surface area contributed by atoms with Gasteiger partial charge in [-0.2, -0.15) is 0 Å². The summed E-state index contributed by atoms with van der Waals surface area (Å²) < 4.78 is 4.91. The van der Waals surface area contributed by atoms with E-state index in [1.54, 1.807) is 6.92 Å². The van der Waals surface area contributed by atoms with E-state index in [4.69, 9.17) is 9.84 Å². The number of hydrogen-bond donors (Lipinski definition) is 1. The van der Waals surface area contributed by atoms with Crippen LogP contribution < -0.4 is 4.74 Å². The molecule has 7 nitrogen and oxygen atoms in total. The van der Waals surface area contributed by atoms with E-state index < -0.39 is 17.5 Å². The highest BCUT2D eigenvalue weighted by atomic mass is 16.6. The maximum absolute atomic E-state index is 11.6. The van der Waals surface area contributed by atoms with Crippen LogP contribution in [-0.4, -0.2) is 28.4 Å². The molecule has 0 aromatic heterocycles. The first kappa shape index (κ1) is 13.6. The second kappa shape index (κ2) is 5.76. The van der Waals surface area contributed by atoms with Crippen LogP contribution in [0.3, 0.4) is 0 Å². The molecule has 18 heavy (non-hydrogen) atoms. The van der Waals surface area contributed by atoms with Gasteiger partial charge in [0.25, 0.3) is 5.69 Å². The zero-order chi connectivity index (χ0) is 13.7. The van der Waals surface area contributed by atoms with Crippen molar-refractivity contribution in [2.45, 2.75) is 13.3 Å². The molecule has 1 rings (SSSR count). The molecule has 7 heteroatoms. The molecule has 0 saturated carbocycles. The van der Waals surface area contributed by atoms with Crippen LogP contribution in [0.5, 0.6) is 5.75 Å². The lowest BCUT2D eigenvalue weighted by Gasteiger charge is -2.08. The van der Waals surface area contributed by atoms with Gasteiger partial charge in [0.05, 0.1) is 10.5 Å². The van der Waals surface area contributed by atoms with Crippen LogP contribution in [0.1, 0.15) is 23.7 Å². The smallest absolute Gasteiger partial charge is 0.341 e. The summed E-state index contributed by atoms with van der Waals surface area (Å²) in [6, 6.07) is 3.47. The molecular weight excluding hydrogens is 242 g/mol. The maximum atomic E-state index is 11.6. The van der Waals surface area contributed by atoms with E-state index in [0.717, 1.165) is 12.1 Å². The summed E-state index contributed by atoms with van der Waals surface area (Å²) in [5.41, 5.74) is -0.220. The number of carboxylic acid groups (broad SMARTS) is 1. The summed E-state index contributed by atoms with van der Waals surface area (Å²) in [6.45, 7) is 0.990. The Balaban J connectivity index is 3.12. The molecule has 1 aromatic carbocycles. The molecule has 0 fully saturated rings. The number of non-ortho nitro benzene ring substituents is 1. The van der Waals surface area contributed by atoms with Crippen molar-refractivity contribution in [1.82, 2.24) is 0 Å². The highest BCUT2D eigenvalue weighted by Crippen LogP contribution is 2.25. The SMILES string of the molecule is CCC(=O)c1cc([N+](=O)[O-])ccc1OCC(=O)O. The number of carbonyl (C=O) groups is 2. The summed E-state index contributed by atoms with van der Waals surface area (Å²) in [5, 5.41) is 19.1. The van der Waals surface area contributed by atoms with Gasteiger partial charge in [-0.25, -0.2) is 4.79 Å². The van der Waals surface area contributed by atoms with Gasteiger partial charge in [0.1, 0.15) is 5.75 Å². The standard InChI is InChI=1S/C11H11NO6/c1-2-9(13)8-5-7(12(16)17)3-4-10(8)18-6-11(14)15/h3-5H,2,6H2,1H3,(H,14,15). The molecule has 0 aliphatic rings. The van der Waals surface area contributed by atoms with E-state index in [0.29, 0.717) is 0 Å². The van der Waals surface area contributed by atoms with E-state index in [-0.39, 0.29) is 29.2 Å². The average molecular weight is 253 g/mol. The number of hydrogen-bond acceptors (Lipinski definition) is 5. The minimum absolute atomic E-state index is 0.0213. The van der Waals surface area contributed by atoms with Gasteiger partial charge < -0.3 is 9.84 Å². The van der Waals surface area contributed by atoms with Crippen molar-refractivity contribution in [3.05, 3.63) is 33.9 Å². The van der Waals surface area contributed by atoms with E-state index in [1.165, 1.54) is 6.07 Å². The fourth-order valence-corrected chi connectivity index (χ4v) is 1.31. The number of Topliss-reactive ketones (excluding diaryl/α,β-unsaturated/α-hetero) is 1. The number of carbonyl (C=O) groups excluding carboxylic acids is 1. The number of aliphatic carboxylic acids is 1. The average Bonchev–Trinajstić information content (AvgIpc) is 2.34. The number of ether oxygens (including phenoxy) is 1. The molecule has 0 aliphatic carbocycles. The second-order valence-electron chi connectivity index (χ2n) is 3.40. The second-order valence-corrected chi connectivity index (χ2v) is 3.40. The quantitative estimate of drug-likeness (QED) is 0.469. The van der Waals surface area contributed by atoms with Crippen LogP contribution in [0.25, 0.3) is 0 Å². The largest absolute Gasteiger partial charge is 0.481 e. The zero-order valence-corrected chi connectivity index (χ0v) is 9.58. The topological polar surface area (TPSA) is 107 Å². The number of nitrogens with zero attached hydrogens (tertiary/aromatic N) is 1. The van der Waals surface area contributed by atoms with Gasteiger partial charge in [-0.3, -0.25) is 14.9 Å². The highest BCUT2D eigenvalue weighted by molar-refractivity contribution is 5.99. The predicted octanol–water partition coefficient (Wildman–Crippen LogP) is 1.65. The molecule has 0 bridgehead atoms. The molecule has 0 amide bonds. The first-order valence-electron chi connectivity index (χ1n) is 5.12. The van der Waals surface area contributed by atoms with Crippen molar-refractivity contribution < 1.29 is 24.4 Å². The number of nitro benzene ring substituents is 1. The third-order valence-corrected chi connectivity index (χ3v) is 2.15. The molecule has 0 spiro atoms. The third-order valence-electron chi connectivity index (χ3n) is 2.15. The van der Waals surface area contributed by atoms with Crippen molar-refractivity contribution in [2.24, 2.45) is 0 Å². The van der Waals surface area contributed by atoms with Gasteiger partial charge in [0.15, 0.2) is 12.4 Å². The lowest BCUT2D eigenvalue weighted by molar-refractivity contribution is -0.384. The van der Waals surface area contributed by atoms with E-state index in [2.05, 4.69) is 0 Å². The number of rotatable bonds is 6. The van der Waals surface area contributed by atoms with Crippen LogP contribution >= 0.6 is 0 Å². The summed E-state index contributed by atoms with van der Waals surface area (Å²) in [7, 11) is 0. The third kappa shape index (κ3) is 3.27. The van der Waals surface area contributed by atoms with Crippen molar-refractivity contribution in [3.63, 3.8) is 0 Å². The Labute approximate surface area is 102 Å². The number of benzene rings is 1. The van der Waals surface area contributed by atoms with Gasteiger partial charge in [-0.05, 0) is 6.07 Å². The molecule has 0 unspecified atom stereocenters. The van der Waals surface area contributed by atoms with Gasteiger partial charge in [0, 0.05) is 18.6 Å². The minimum atomic E-state index is -1.19. The predicted molar refractivity (Wildman–Crippen MR) is 60.8 cm³/mol. The Bertz CT molecular complexity index is 496. The summed E-state index contributed by atoms with van der Waals surface area (Å²) in [6.07, 6.45) is 0.143. The van der Waals surface area contributed by atoms with Crippen molar-refractivity contribution in [2.75, 3.05) is 6.61 Å². The summed E-state index contributed by atoms with van der Waals surface area (Å²) >= 11 is 0. The maximum Gasteiger partial charge on any atom is 0.341 e. The molecule has 0 radical (unpaired) electrons. The highest BCUT2D eigenvalue weighted by Gasteiger charge is 2.17. The summed E-state index contributed by atoms with van der Waals surface area (Å²) in [5.74, 6) is -1.50. The van der Waals surface area contributed by atoms with Crippen molar-refractivity contribution in [1.29, 1.82) is 0 Å². The normalized spacial score (nSPS) is 9.83. The molecular formula is C11H11NO6. The van der Waals surface area contributed by atoms with Gasteiger partial charge in [0.2, 0.25) is 0 Å². The van der Waals surface area contributed by atoms with E-state index in [1.807, 2.05) is 0 Å². The van der Waals surface area contributed by atoms with Crippen molar-refractivity contribution >= 4 is 17.4 Å². The lowest BCUT2D eigenvalue weighted by atomic mass is 10.1. The number of ketones is 1. The number of carboxylic acids is 1. The first-order valence-corrected chi connectivity index (χ1v) is 5.12. The first-order chi connectivity index (χ1) is 8.45. The fraction of sp³-hybridized carbons (Fsp3) is 0.273. The zero-order valence-electron chi connectivity index (χ0n) is 9.58. The Morgan fingerprint density at radius 2 is 2.11 bits per heavy atom. The Morgan fingerprint density at radius 3 is 2.61 bits per heavy atom. The van der Waals surface area contributed by atoms with Crippen LogP contribution in [0.4, 0.5) is 5.69 Å². The van der Waals surface area contributed by atoms with Crippen LogP contribution in [-0.2, 0) is 4.79 Å². The molecule has 1 N–H and O–H groups in total. The van der Waals surface area contributed by atoms with Crippen LogP contribution in [0.15, 0.2) is 18.2 Å². The molecule has 0 aliphatic heterocycles. The van der Waals surface area contributed by atoms with Gasteiger partial charge in [-0.1, -0.05) is 6.92 Å². The fourth-order valence-electron chi connectivity index (χ4n) is 1.31. The summed E-state index contributed by atoms with van der Waals surface area (Å²) in [4.78, 5) is 32.0. The molecule has 96 valence electrons. The molecule has 0 atom stereocenters.